The molecule has 0 bridgehead atoms. The normalized spacial score (nSPS) is 28.6. The first kappa shape index (κ1) is 16.5. The van der Waals surface area contributed by atoms with E-state index in [1.54, 1.807) is 0 Å². The lowest BCUT2D eigenvalue weighted by Gasteiger charge is -2.15. The minimum Gasteiger partial charge on any atom is -0.381 e. The summed E-state index contributed by atoms with van der Waals surface area (Å²) in [4.78, 5) is 0. The first-order valence-electron chi connectivity index (χ1n) is 7.46. The van der Waals surface area contributed by atoms with Crippen LogP contribution >= 0.6 is 0 Å². The summed E-state index contributed by atoms with van der Waals surface area (Å²) >= 11 is 0. The Bertz CT molecular complexity index is 582. The SMILES string of the molecule is CCOCC1(CN)C(c2ccc(CC)cc2)C1S(C)(=O)=O. The molecule has 1 aliphatic carbocycles. The van der Waals surface area contributed by atoms with E-state index in [1.807, 2.05) is 19.1 Å². The van der Waals surface area contributed by atoms with Gasteiger partial charge in [0.05, 0.1) is 11.9 Å². The van der Waals surface area contributed by atoms with Crippen molar-refractivity contribution in [3.8, 4) is 0 Å². The molecule has 1 aromatic rings. The van der Waals surface area contributed by atoms with Crippen LogP contribution in [0.2, 0.25) is 0 Å². The van der Waals surface area contributed by atoms with Gasteiger partial charge in [-0.1, -0.05) is 31.2 Å². The average Bonchev–Trinajstić information content (AvgIpc) is 3.15. The first-order chi connectivity index (χ1) is 9.90. The van der Waals surface area contributed by atoms with E-state index in [9.17, 15) is 8.42 Å². The maximum Gasteiger partial charge on any atom is 0.151 e. The van der Waals surface area contributed by atoms with Crippen LogP contribution in [0.25, 0.3) is 0 Å². The molecule has 1 fully saturated rings. The van der Waals surface area contributed by atoms with Gasteiger partial charge in [0.2, 0.25) is 0 Å². The van der Waals surface area contributed by atoms with Crippen molar-refractivity contribution >= 4 is 9.84 Å². The predicted octanol–water partition coefficient (Wildman–Crippen LogP) is 1.74. The molecule has 1 aliphatic rings. The fourth-order valence-electron chi connectivity index (χ4n) is 3.36. The van der Waals surface area contributed by atoms with E-state index in [1.165, 1.54) is 11.8 Å². The molecule has 0 aromatic heterocycles. The van der Waals surface area contributed by atoms with Crippen molar-refractivity contribution in [1.82, 2.24) is 0 Å². The Morgan fingerprint density at radius 2 is 1.86 bits per heavy atom. The second kappa shape index (κ2) is 6.07. The molecule has 3 atom stereocenters. The molecule has 0 amide bonds. The molecule has 0 aliphatic heterocycles. The van der Waals surface area contributed by atoms with Gasteiger partial charge in [-0.05, 0) is 24.5 Å². The molecule has 1 aromatic carbocycles. The number of rotatable bonds is 7. The minimum atomic E-state index is -3.15. The number of hydrogen-bond acceptors (Lipinski definition) is 4. The van der Waals surface area contributed by atoms with Crippen LogP contribution < -0.4 is 5.73 Å². The molecule has 118 valence electrons. The molecule has 1 saturated carbocycles. The van der Waals surface area contributed by atoms with Gasteiger partial charge >= 0.3 is 0 Å². The monoisotopic (exact) mass is 311 g/mol. The van der Waals surface area contributed by atoms with Crippen LogP contribution in [0.15, 0.2) is 24.3 Å². The molecule has 4 nitrogen and oxygen atoms in total. The molecule has 3 unspecified atom stereocenters. The first-order valence-corrected chi connectivity index (χ1v) is 9.41. The molecule has 2 rings (SSSR count). The van der Waals surface area contributed by atoms with Gasteiger partial charge in [0.25, 0.3) is 0 Å². The Kier molecular flexibility index (Phi) is 4.76. The molecule has 5 heteroatoms. The third-order valence-electron chi connectivity index (χ3n) is 4.54. The van der Waals surface area contributed by atoms with Gasteiger partial charge < -0.3 is 10.5 Å². The fraction of sp³-hybridized carbons (Fsp3) is 0.625. The summed E-state index contributed by atoms with van der Waals surface area (Å²) in [6, 6.07) is 8.19. The second-order valence-corrected chi connectivity index (χ2v) is 8.06. The van der Waals surface area contributed by atoms with Crippen LogP contribution in [0, 0.1) is 5.41 Å². The fourth-order valence-corrected chi connectivity index (χ4v) is 5.37. The Hall–Kier alpha value is -0.910. The number of hydrogen-bond donors (Lipinski definition) is 1. The number of benzene rings is 1. The van der Waals surface area contributed by atoms with Gasteiger partial charge in [0.1, 0.15) is 0 Å². The Labute approximate surface area is 127 Å². The summed E-state index contributed by atoms with van der Waals surface area (Å²) in [6.45, 7) is 5.31. The summed E-state index contributed by atoms with van der Waals surface area (Å²) in [5, 5.41) is -0.436. The minimum absolute atomic E-state index is 0.0602. The van der Waals surface area contributed by atoms with Crippen molar-refractivity contribution < 1.29 is 13.2 Å². The van der Waals surface area contributed by atoms with Crippen molar-refractivity contribution in [2.24, 2.45) is 11.1 Å². The van der Waals surface area contributed by atoms with E-state index >= 15 is 0 Å². The van der Waals surface area contributed by atoms with E-state index in [4.69, 9.17) is 10.5 Å². The molecule has 21 heavy (non-hydrogen) atoms. The number of ether oxygens (including phenoxy) is 1. The number of aryl methyl sites for hydroxylation is 1. The molecular formula is C16H25NO3S. The van der Waals surface area contributed by atoms with Crippen LogP contribution in [0.1, 0.15) is 30.9 Å². The summed E-state index contributed by atoms with van der Waals surface area (Å²) in [5.41, 5.74) is 7.76. The van der Waals surface area contributed by atoms with E-state index in [2.05, 4.69) is 19.1 Å². The smallest absolute Gasteiger partial charge is 0.151 e. The highest BCUT2D eigenvalue weighted by Crippen LogP contribution is 2.62. The highest BCUT2D eigenvalue weighted by molar-refractivity contribution is 7.91. The van der Waals surface area contributed by atoms with Crippen molar-refractivity contribution in [2.45, 2.75) is 31.4 Å². The van der Waals surface area contributed by atoms with E-state index < -0.39 is 20.5 Å². The highest BCUT2D eigenvalue weighted by atomic mass is 32.2. The third kappa shape index (κ3) is 3.00. The van der Waals surface area contributed by atoms with Gasteiger partial charge in [0, 0.05) is 30.7 Å². The van der Waals surface area contributed by atoms with Crippen LogP contribution in [0.5, 0.6) is 0 Å². The molecule has 2 N–H and O–H groups in total. The molecule has 0 saturated heterocycles. The third-order valence-corrected chi connectivity index (χ3v) is 6.21. The Balaban J connectivity index is 2.34. The molecule has 0 radical (unpaired) electrons. The average molecular weight is 311 g/mol. The zero-order chi connectivity index (χ0) is 15.7. The highest BCUT2D eigenvalue weighted by Gasteiger charge is 2.69. The second-order valence-electron chi connectivity index (χ2n) is 5.90. The molecular weight excluding hydrogens is 286 g/mol. The van der Waals surface area contributed by atoms with Crippen molar-refractivity contribution in [1.29, 1.82) is 0 Å². The lowest BCUT2D eigenvalue weighted by molar-refractivity contribution is 0.101. The standard InChI is InChI=1S/C16H25NO3S/c1-4-12-6-8-13(9-7-12)14-15(21(3,18)19)16(14,10-17)11-20-5-2/h6-9,14-15H,4-5,10-11,17H2,1-3H3. The van der Waals surface area contributed by atoms with Crippen molar-refractivity contribution in [2.75, 3.05) is 26.0 Å². The Morgan fingerprint density at radius 3 is 2.29 bits per heavy atom. The van der Waals surface area contributed by atoms with Gasteiger partial charge in [-0.15, -0.1) is 0 Å². The molecule has 0 spiro atoms. The topological polar surface area (TPSA) is 69.4 Å². The van der Waals surface area contributed by atoms with Crippen LogP contribution in [-0.4, -0.2) is 39.7 Å². The van der Waals surface area contributed by atoms with Gasteiger partial charge in [0.15, 0.2) is 9.84 Å². The van der Waals surface area contributed by atoms with Crippen LogP contribution in [0.3, 0.4) is 0 Å². The zero-order valence-electron chi connectivity index (χ0n) is 13.0. The zero-order valence-corrected chi connectivity index (χ0v) is 13.8. The number of sulfone groups is 1. The van der Waals surface area contributed by atoms with Crippen molar-refractivity contribution in [3.05, 3.63) is 35.4 Å². The maximum absolute atomic E-state index is 12.1. The lowest BCUT2D eigenvalue weighted by Crippen LogP contribution is -2.28. The van der Waals surface area contributed by atoms with Crippen LogP contribution in [-0.2, 0) is 21.0 Å². The van der Waals surface area contributed by atoms with Gasteiger partial charge in [-0.2, -0.15) is 0 Å². The largest absolute Gasteiger partial charge is 0.381 e. The van der Waals surface area contributed by atoms with E-state index in [-0.39, 0.29) is 5.92 Å². The Morgan fingerprint density at radius 1 is 1.24 bits per heavy atom. The van der Waals surface area contributed by atoms with Gasteiger partial charge in [-0.25, -0.2) is 8.42 Å². The summed E-state index contributed by atoms with van der Waals surface area (Å²) in [6.07, 6.45) is 2.27. The predicted molar refractivity (Wildman–Crippen MR) is 85.2 cm³/mol. The lowest BCUT2D eigenvalue weighted by atomic mass is 9.99. The maximum atomic E-state index is 12.1. The van der Waals surface area contributed by atoms with E-state index in [0.29, 0.717) is 19.8 Å². The van der Waals surface area contributed by atoms with E-state index in [0.717, 1.165) is 12.0 Å². The summed E-state index contributed by atoms with van der Waals surface area (Å²) in [5.74, 6) is -0.0602. The summed E-state index contributed by atoms with van der Waals surface area (Å²) < 4.78 is 29.8. The van der Waals surface area contributed by atoms with Crippen LogP contribution in [0.4, 0.5) is 0 Å². The van der Waals surface area contributed by atoms with Crippen molar-refractivity contribution in [3.63, 3.8) is 0 Å². The van der Waals surface area contributed by atoms with Gasteiger partial charge in [-0.3, -0.25) is 0 Å². The quantitative estimate of drug-likeness (QED) is 0.833. The number of nitrogens with two attached hydrogens (primary N) is 1. The summed E-state index contributed by atoms with van der Waals surface area (Å²) in [7, 11) is -3.15. The molecule has 0 heterocycles.